The van der Waals surface area contributed by atoms with Crippen LogP contribution in [0.2, 0.25) is 0 Å². The van der Waals surface area contributed by atoms with Crippen molar-refractivity contribution in [1.29, 1.82) is 5.26 Å². The Morgan fingerprint density at radius 2 is 1.83 bits per heavy atom. The number of amidine groups is 1. The summed E-state index contributed by atoms with van der Waals surface area (Å²) in [4.78, 5) is 39.0. The van der Waals surface area contributed by atoms with E-state index in [0.29, 0.717) is 19.8 Å². The molecule has 0 fully saturated rings. The minimum atomic E-state index is -0.489. The molecule has 0 aromatic carbocycles. The summed E-state index contributed by atoms with van der Waals surface area (Å²) in [5.74, 6) is -0.353. The van der Waals surface area contributed by atoms with E-state index in [1.54, 1.807) is 13.2 Å². The van der Waals surface area contributed by atoms with Crippen LogP contribution < -0.4 is 104 Å². The fourth-order valence-electron chi connectivity index (χ4n) is 1.27. The van der Waals surface area contributed by atoms with E-state index in [1.165, 1.54) is 13.2 Å². The topological polar surface area (TPSA) is 237 Å². The molecular formula is C17H35ClN6Na2O9. The Balaban J connectivity index is -0.0000000453. The molecule has 0 spiro atoms. The van der Waals surface area contributed by atoms with E-state index in [1.807, 2.05) is 0 Å². The third-order valence-electron chi connectivity index (χ3n) is 2.35. The van der Waals surface area contributed by atoms with Crippen LogP contribution in [0.5, 0.6) is 6.01 Å². The molecule has 0 radical (unpaired) electrons. The number of amides is 1. The first-order valence-electron chi connectivity index (χ1n) is 7.96. The smallest absolute Gasteiger partial charge is 1.00 e. The Morgan fingerprint density at radius 3 is 2.26 bits per heavy atom. The number of hydrogen-bond acceptors (Lipinski definition) is 12. The fraction of sp³-hybridized carbons (Fsp3) is 0.529. The van der Waals surface area contributed by atoms with Crippen LogP contribution in [0.4, 0.5) is 5.82 Å². The molecule has 6 N–H and O–H groups in total. The molecule has 15 nitrogen and oxygen atoms in total. The van der Waals surface area contributed by atoms with Gasteiger partial charge in [-0.1, -0.05) is 14.9 Å². The summed E-state index contributed by atoms with van der Waals surface area (Å²) in [7, 11) is 3.08. The van der Waals surface area contributed by atoms with E-state index < -0.39 is 5.91 Å². The summed E-state index contributed by atoms with van der Waals surface area (Å²) in [6.45, 7) is 1.21. The molecule has 0 aliphatic heterocycles. The van der Waals surface area contributed by atoms with Crippen LogP contribution in [0.3, 0.4) is 0 Å². The van der Waals surface area contributed by atoms with E-state index in [4.69, 9.17) is 40.7 Å². The molecule has 35 heavy (non-hydrogen) atoms. The molecule has 0 unspecified atom stereocenters. The number of ether oxygens (including phenoxy) is 4. The molecule has 0 saturated carbocycles. The van der Waals surface area contributed by atoms with Crippen LogP contribution in [0.15, 0.2) is 10.9 Å². The fourth-order valence-corrected chi connectivity index (χ4v) is 1.27. The molecule has 196 valence electrons. The van der Waals surface area contributed by atoms with Crippen molar-refractivity contribution in [3.8, 4) is 12.1 Å². The predicted molar refractivity (Wildman–Crippen MR) is 114 cm³/mol. The van der Waals surface area contributed by atoms with Gasteiger partial charge in [-0.05, 0) is 0 Å². The van der Waals surface area contributed by atoms with E-state index >= 15 is 0 Å². The van der Waals surface area contributed by atoms with Gasteiger partial charge in [-0.2, -0.15) is 15.6 Å². The molecule has 1 aromatic rings. The number of carbonyl (C=O) groups is 2. The number of aromatic amines is 1. The molecular weight excluding hydrogens is 514 g/mol. The minimum absolute atomic E-state index is 0. The Labute approximate surface area is 257 Å². The number of nitrogen functional groups attached to an aromatic ring is 1. The average molecular weight is 550 g/mol. The first-order chi connectivity index (χ1) is 14.3. The van der Waals surface area contributed by atoms with Crippen LogP contribution in [0.25, 0.3) is 0 Å². The second kappa shape index (κ2) is 37.1. The first kappa shape index (κ1) is 50.4. The van der Waals surface area contributed by atoms with Gasteiger partial charge in [-0.25, -0.2) is 4.79 Å². The van der Waals surface area contributed by atoms with Crippen LogP contribution in [-0.2, 0) is 28.7 Å². The van der Waals surface area contributed by atoms with E-state index in [9.17, 15) is 9.59 Å². The van der Waals surface area contributed by atoms with Crippen molar-refractivity contribution in [3.05, 3.63) is 16.4 Å². The zero-order valence-electron chi connectivity index (χ0n) is 19.8. The molecule has 1 rings (SSSR count). The van der Waals surface area contributed by atoms with Gasteiger partial charge in [-0.3, -0.25) is 20.0 Å². The Hall–Kier alpha value is -1.45. The van der Waals surface area contributed by atoms with Crippen LogP contribution in [0.1, 0.15) is 24.1 Å². The van der Waals surface area contributed by atoms with Crippen molar-refractivity contribution in [2.45, 2.75) is 21.3 Å². The van der Waals surface area contributed by atoms with Crippen molar-refractivity contribution in [3.63, 3.8) is 0 Å². The van der Waals surface area contributed by atoms with E-state index in [0.717, 1.165) is 0 Å². The second-order valence-corrected chi connectivity index (χ2v) is 4.60. The summed E-state index contributed by atoms with van der Waals surface area (Å²) in [5.41, 5.74) is 4.99. The molecule has 0 aliphatic rings. The number of hydrogen-bond donors (Lipinski definition) is 4. The molecule has 0 bridgehead atoms. The molecule has 0 atom stereocenters. The van der Waals surface area contributed by atoms with E-state index in [-0.39, 0.29) is 132 Å². The maximum absolute atomic E-state index is 10.9. The summed E-state index contributed by atoms with van der Waals surface area (Å²) in [6, 6.07) is 2.86. The number of nitrogens with one attached hydrogen (secondary N) is 2. The van der Waals surface area contributed by atoms with Crippen molar-refractivity contribution in [1.82, 2.24) is 15.3 Å². The SMILES string of the molecule is C.C.COCCOC(=[NH2+])NC(=O)CC#N.COCCOc1nc(N)cc(=O)[nH]1.O=CO[O-].[2HH].[Cl-].[H-].[Na+].[Na+]. The van der Waals surface area contributed by atoms with Gasteiger partial charge in [0.2, 0.25) is 0 Å². The van der Waals surface area contributed by atoms with Gasteiger partial charge in [0.15, 0.2) is 0 Å². The van der Waals surface area contributed by atoms with Gasteiger partial charge in [0.05, 0.1) is 19.3 Å². The monoisotopic (exact) mass is 549 g/mol. The largest absolute Gasteiger partial charge is 1.00 e. The molecule has 0 aliphatic carbocycles. The number of H-pyrrole nitrogens is 1. The maximum atomic E-state index is 10.9. The third-order valence-corrected chi connectivity index (χ3v) is 2.35. The number of halogens is 1. The number of nitrogens with zero attached hydrogens (tertiary/aromatic N) is 2. The van der Waals surface area contributed by atoms with Gasteiger partial charge < -0.3 is 48.7 Å². The van der Waals surface area contributed by atoms with Crippen LogP contribution in [-0.4, -0.2) is 69.0 Å². The summed E-state index contributed by atoms with van der Waals surface area (Å²) >= 11 is 0. The standard InChI is InChI=1S/2C7H11N3O3.CH2O3.2CH4.ClH.2Na.H2.H/c1-12-2-3-13-7-9-5(8)4-6(11)10-7;1-12-4-5-13-7(9)10-6(11)2-3-8;2-1-4-3;;;;;;;/h4H,2-3H2,1H3,(H3,8,9,10,11);2,4-5H2,1H3,(H2,9,10,11);1,3H;2*1H4;1H;;;1H;/q;;;;;;2*+1;;-1/p-1/i;;;;;;;;1+1;. The zero-order chi connectivity index (χ0) is 23.2. The quantitative estimate of drug-likeness (QED) is 0.0427. The molecule has 1 amide bonds. The summed E-state index contributed by atoms with van der Waals surface area (Å²) < 4.78 is 19.3. The van der Waals surface area contributed by atoms with Gasteiger partial charge in [0, 0.05) is 21.7 Å². The van der Waals surface area contributed by atoms with Crippen molar-refractivity contribution < 1.29 is 118 Å². The number of anilines is 1. The molecule has 1 heterocycles. The Kier molecular flexibility index (Phi) is 53.5. The third kappa shape index (κ3) is 37.3. The second-order valence-electron chi connectivity index (χ2n) is 4.60. The van der Waals surface area contributed by atoms with E-state index in [2.05, 4.69) is 24.9 Å². The number of nitriles is 1. The van der Waals surface area contributed by atoms with Crippen LogP contribution in [0, 0.1) is 11.3 Å². The Bertz CT molecular complexity index is 750. The van der Waals surface area contributed by atoms with Gasteiger partial charge in [0.25, 0.3) is 18.0 Å². The number of nitrogens with two attached hydrogens (primary N) is 2. The molecule has 0 saturated heterocycles. The van der Waals surface area contributed by atoms with Crippen molar-refractivity contribution >= 4 is 24.2 Å². The number of aromatic nitrogens is 2. The summed E-state index contributed by atoms with van der Waals surface area (Å²) in [5, 5.41) is 24.0. The normalized spacial score (nSPS) is 7.49. The zero-order valence-corrected chi connectivity index (χ0v) is 23.5. The van der Waals surface area contributed by atoms with Crippen molar-refractivity contribution in [2.24, 2.45) is 0 Å². The predicted octanol–water partition coefficient (Wildman–Crippen LogP) is -11.8. The number of rotatable bonds is 9. The first-order valence-corrected chi connectivity index (χ1v) is 7.96. The number of carbonyl (C=O) groups excluding carboxylic acids is 2. The molecule has 1 aromatic heterocycles. The maximum Gasteiger partial charge on any atom is 1.00 e. The van der Waals surface area contributed by atoms with Gasteiger partial charge in [0.1, 0.15) is 25.5 Å². The molecule has 18 heteroatoms. The van der Waals surface area contributed by atoms with Crippen molar-refractivity contribution in [2.75, 3.05) is 46.4 Å². The average Bonchev–Trinajstić information content (AvgIpc) is 2.68. The van der Waals surface area contributed by atoms with Gasteiger partial charge >= 0.3 is 71.0 Å². The summed E-state index contributed by atoms with van der Waals surface area (Å²) in [6.07, 6.45) is -0.242. The van der Waals surface area contributed by atoms with Crippen LogP contribution >= 0.6 is 0 Å². The number of methoxy groups -OCH3 is 2. The Morgan fingerprint density at radius 1 is 1.31 bits per heavy atom. The minimum Gasteiger partial charge on any atom is -1.00 e. The van der Waals surface area contributed by atoms with Gasteiger partial charge in [-0.15, -0.1) is 0 Å².